The van der Waals surface area contributed by atoms with Gasteiger partial charge in [-0.05, 0) is 25.5 Å². The second-order valence-corrected chi connectivity index (χ2v) is 4.43. The number of hydrogen-bond donors (Lipinski definition) is 0. The van der Waals surface area contributed by atoms with Gasteiger partial charge in [-0.3, -0.25) is 9.59 Å². The largest absolute Gasteiger partial charge is 0.315 e. The van der Waals surface area contributed by atoms with E-state index in [0.717, 1.165) is 28.7 Å². The molecule has 3 heteroatoms. The van der Waals surface area contributed by atoms with Gasteiger partial charge in [0.05, 0.1) is 0 Å². The van der Waals surface area contributed by atoms with Crippen LogP contribution in [-0.4, -0.2) is 10.9 Å². The number of carbonyl (C=O) groups is 1. The molecule has 0 bridgehead atoms. The van der Waals surface area contributed by atoms with Gasteiger partial charge < -0.3 is 4.57 Å². The highest BCUT2D eigenvalue weighted by Gasteiger charge is 2.08. The minimum absolute atomic E-state index is 0.0285. The predicted molar refractivity (Wildman–Crippen MR) is 72.0 cm³/mol. The van der Waals surface area contributed by atoms with Crippen LogP contribution in [0.5, 0.6) is 0 Å². The minimum Gasteiger partial charge on any atom is -0.315 e. The third-order valence-electron chi connectivity index (χ3n) is 3.25. The minimum atomic E-state index is 0.0285. The average Bonchev–Trinajstić information content (AvgIpc) is 2.41. The Balaban J connectivity index is 2.63. The zero-order valence-electron chi connectivity index (χ0n) is 10.7. The number of rotatable bonds is 2. The summed E-state index contributed by atoms with van der Waals surface area (Å²) in [5.74, 6) is 0. The summed E-state index contributed by atoms with van der Waals surface area (Å²) < 4.78 is 1.65. The van der Waals surface area contributed by atoms with Gasteiger partial charge in [0.1, 0.15) is 6.29 Å². The van der Waals surface area contributed by atoms with Crippen LogP contribution < -0.4 is 5.56 Å². The molecule has 0 aliphatic heterocycles. The smallest absolute Gasteiger partial charge is 0.253 e. The van der Waals surface area contributed by atoms with Crippen LogP contribution in [0.15, 0.2) is 35.1 Å². The normalized spacial score (nSPS) is 10.4. The van der Waals surface area contributed by atoms with E-state index < -0.39 is 0 Å². The van der Waals surface area contributed by atoms with Gasteiger partial charge in [0.25, 0.3) is 5.56 Å². The molecule has 1 aromatic carbocycles. The lowest BCUT2D eigenvalue weighted by Gasteiger charge is -2.12. The van der Waals surface area contributed by atoms with Gasteiger partial charge in [-0.25, -0.2) is 0 Å². The van der Waals surface area contributed by atoms with E-state index in [-0.39, 0.29) is 5.56 Å². The van der Waals surface area contributed by atoms with E-state index in [2.05, 4.69) is 0 Å². The summed E-state index contributed by atoms with van der Waals surface area (Å²) in [5, 5.41) is 0. The Morgan fingerprint density at radius 2 is 1.72 bits per heavy atom. The first-order valence-corrected chi connectivity index (χ1v) is 5.77. The van der Waals surface area contributed by atoms with Crippen molar-refractivity contribution in [3.8, 4) is 11.1 Å². The summed E-state index contributed by atoms with van der Waals surface area (Å²) in [5.41, 5.74) is 4.35. The lowest BCUT2D eigenvalue weighted by molar-refractivity contribution is 0.112. The number of aldehydes is 1. The molecule has 0 unspecified atom stereocenters. The molecule has 0 atom stereocenters. The zero-order chi connectivity index (χ0) is 13.3. The molecular formula is C15H15NO2. The van der Waals surface area contributed by atoms with Crippen LogP contribution in [0, 0.1) is 13.8 Å². The molecule has 1 aromatic heterocycles. The van der Waals surface area contributed by atoms with E-state index in [1.165, 1.54) is 0 Å². The highest BCUT2D eigenvalue weighted by atomic mass is 16.1. The van der Waals surface area contributed by atoms with Crippen LogP contribution in [0.2, 0.25) is 0 Å². The Morgan fingerprint density at radius 3 is 2.28 bits per heavy atom. The van der Waals surface area contributed by atoms with Crippen molar-refractivity contribution >= 4 is 6.29 Å². The van der Waals surface area contributed by atoms with Gasteiger partial charge in [0.2, 0.25) is 0 Å². The molecule has 0 N–H and O–H groups in total. The third-order valence-corrected chi connectivity index (χ3v) is 3.25. The zero-order valence-corrected chi connectivity index (χ0v) is 10.7. The Morgan fingerprint density at radius 1 is 1.11 bits per heavy atom. The summed E-state index contributed by atoms with van der Waals surface area (Å²) in [6.07, 6.45) is 0.822. The summed E-state index contributed by atoms with van der Waals surface area (Å²) in [7, 11) is 1.77. The molecule has 0 saturated carbocycles. The van der Waals surface area contributed by atoms with Gasteiger partial charge in [0, 0.05) is 29.4 Å². The first-order valence-electron chi connectivity index (χ1n) is 5.77. The molecule has 0 fully saturated rings. The second kappa shape index (κ2) is 4.61. The quantitative estimate of drug-likeness (QED) is 0.758. The second-order valence-electron chi connectivity index (χ2n) is 4.43. The maximum atomic E-state index is 11.8. The van der Waals surface area contributed by atoms with E-state index >= 15 is 0 Å². The van der Waals surface area contributed by atoms with E-state index in [9.17, 15) is 9.59 Å². The number of benzene rings is 1. The molecule has 0 spiro atoms. The number of pyridine rings is 1. The molecule has 0 radical (unpaired) electrons. The molecule has 0 aliphatic carbocycles. The first kappa shape index (κ1) is 12.3. The Labute approximate surface area is 106 Å². The Bertz CT molecular complexity index is 651. The van der Waals surface area contributed by atoms with Crippen LogP contribution >= 0.6 is 0 Å². The van der Waals surface area contributed by atoms with Crippen molar-refractivity contribution in [2.24, 2.45) is 7.05 Å². The van der Waals surface area contributed by atoms with E-state index in [4.69, 9.17) is 0 Å². The lowest BCUT2D eigenvalue weighted by atomic mass is 10.0. The molecule has 0 saturated heterocycles. The number of aromatic nitrogens is 1. The highest BCUT2D eigenvalue weighted by molar-refractivity contribution is 5.77. The van der Waals surface area contributed by atoms with Crippen LogP contribution in [-0.2, 0) is 7.05 Å². The number of aryl methyl sites for hydroxylation is 1. The molecular weight excluding hydrogens is 226 g/mol. The summed E-state index contributed by atoms with van der Waals surface area (Å²) >= 11 is 0. The molecule has 2 aromatic rings. The fraction of sp³-hybridized carbons (Fsp3) is 0.200. The number of carbonyl (C=O) groups excluding carboxylic acids is 1. The first-order chi connectivity index (χ1) is 8.54. The maximum Gasteiger partial charge on any atom is 0.253 e. The van der Waals surface area contributed by atoms with Crippen molar-refractivity contribution in [3.63, 3.8) is 0 Å². The standard InChI is InChI=1S/C15H15NO2/c1-10-8-14(11(2)16(3)15(10)18)13-6-4-12(9-17)5-7-13/h4-9H,1-3H3. The van der Waals surface area contributed by atoms with Gasteiger partial charge in [-0.15, -0.1) is 0 Å². The van der Waals surface area contributed by atoms with Crippen molar-refractivity contribution < 1.29 is 4.79 Å². The fourth-order valence-corrected chi connectivity index (χ4v) is 2.01. The lowest BCUT2D eigenvalue weighted by Crippen LogP contribution is -2.21. The van der Waals surface area contributed by atoms with Crippen molar-refractivity contribution in [1.82, 2.24) is 4.57 Å². The number of hydrogen-bond acceptors (Lipinski definition) is 2. The summed E-state index contributed by atoms with van der Waals surface area (Å²) in [6.45, 7) is 3.73. The molecule has 1 heterocycles. The van der Waals surface area contributed by atoms with E-state index in [1.54, 1.807) is 23.7 Å². The molecule has 3 nitrogen and oxygen atoms in total. The molecule has 0 aliphatic rings. The van der Waals surface area contributed by atoms with E-state index in [1.807, 2.05) is 32.0 Å². The Hall–Kier alpha value is -2.16. The van der Waals surface area contributed by atoms with Gasteiger partial charge in [0.15, 0.2) is 0 Å². The summed E-state index contributed by atoms with van der Waals surface area (Å²) in [4.78, 5) is 22.4. The van der Waals surface area contributed by atoms with Crippen LogP contribution in [0.3, 0.4) is 0 Å². The molecule has 18 heavy (non-hydrogen) atoms. The highest BCUT2D eigenvalue weighted by Crippen LogP contribution is 2.22. The van der Waals surface area contributed by atoms with Crippen molar-refractivity contribution in [2.45, 2.75) is 13.8 Å². The fourth-order valence-electron chi connectivity index (χ4n) is 2.01. The van der Waals surface area contributed by atoms with Crippen molar-refractivity contribution in [2.75, 3.05) is 0 Å². The van der Waals surface area contributed by atoms with Crippen LogP contribution in [0.4, 0.5) is 0 Å². The number of nitrogens with zero attached hydrogens (tertiary/aromatic N) is 1. The SMILES string of the molecule is Cc1cc(-c2ccc(C=O)cc2)c(C)n(C)c1=O. The molecule has 92 valence electrons. The third kappa shape index (κ3) is 1.99. The van der Waals surface area contributed by atoms with Crippen molar-refractivity contribution in [3.05, 3.63) is 57.5 Å². The molecule has 2 rings (SSSR count). The van der Waals surface area contributed by atoms with Crippen molar-refractivity contribution in [1.29, 1.82) is 0 Å². The Kier molecular flexibility index (Phi) is 3.15. The topological polar surface area (TPSA) is 39.1 Å². The average molecular weight is 241 g/mol. The summed E-state index contributed by atoms with van der Waals surface area (Å²) in [6, 6.07) is 9.25. The van der Waals surface area contributed by atoms with Gasteiger partial charge in [-0.2, -0.15) is 0 Å². The molecule has 0 amide bonds. The van der Waals surface area contributed by atoms with Gasteiger partial charge >= 0.3 is 0 Å². The monoisotopic (exact) mass is 241 g/mol. The maximum absolute atomic E-state index is 11.8. The van der Waals surface area contributed by atoms with Crippen LogP contribution in [0.1, 0.15) is 21.6 Å². The van der Waals surface area contributed by atoms with E-state index in [0.29, 0.717) is 5.56 Å². The van der Waals surface area contributed by atoms with Gasteiger partial charge in [-0.1, -0.05) is 24.3 Å². The predicted octanol–water partition coefficient (Wildman–Crippen LogP) is 2.48. The van der Waals surface area contributed by atoms with Crippen LogP contribution in [0.25, 0.3) is 11.1 Å².